The van der Waals surface area contributed by atoms with Crippen LogP contribution in [0.4, 0.5) is 4.39 Å². The number of nitrogens with zero attached hydrogens (tertiary/aromatic N) is 2. The van der Waals surface area contributed by atoms with Gasteiger partial charge < -0.3 is 33.3 Å². The average molecular weight is 495 g/mol. The lowest BCUT2D eigenvalue weighted by Crippen LogP contribution is -2.49. The van der Waals surface area contributed by atoms with Crippen LogP contribution in [0.1, 0.15) is 38.1 Å². The maximum Gasteiger partial charge on any atom is 0.253 e. The Bertz CT molecular complexity index is 904. The Morgan fingerprint density at radius 2 is 1.66 bits per heavy atom. The number of carbonyl (C=O) groups is 1. The van der Waals surface area contributed by atoms with Crippen molar-refractivity contribution in [3.63, 3.8) is 0 Å². The van der Waals surface area contributed by atoms with Gasteiger partial charge in [0.05, 0.1) is 13.2 Å². The molecule has 0 radical (unpaired) electrons. The van der Waals surface area contributed by atoms with Crippen LogP contribution < -0.4 is 0 Å². The molecule has 4 aliphatic heterocycles. The number of carbonyl (C=O) groups excluding carboxylic acids is 1. The summed E-state index contributed by atoms with van der Waals surface area (Å²) in [5.41, 5.74) is 0.507. The molecule has 0 spiro atoms. The molecule has 5 rings (SSSR count). The predicted octanol–water partition coefficient (Wildman–Crippen LogP) is 2.00. The van der Waals surface area contributed by atoms with Crippen molar-refractivity contribution >= 4 is 5.91 Å². The first-order chi connectivity index (χ1) is 16.6. The molecular formula is C25H35FN2O7. The van der Waals surface area contributed by atoms with E-state index in [1.54, 1.807) is 4.90 Å². The fraction of sp³-hybridized carbons (Fsp3) is 0.720. The second-order valence-corrected chi connectivity index (χ2v) is 10.4. The van der Waals surface area contributed by atoms with Gasteiger partial charge in [0.2, 0.25) is 0 Å². The fourth-order valence-corrected chi connectivity index (χ4v) is 5.15. The molecule has 0 saturated carbocycles. The highest BCUT2D eigenvalue weighted by Gasteiger charge is 2.59. The number of ether oxygens (including phenoxy) is 6. The van der Waals surface area contributed by atoms with Crippen LogP contribution in [-0.4, -0.2) is 104 Å². The number of fused-ring (bicyclic) bond motifs is 1. The first-order valence-electron chi connectivity index (χ1n) is 12.3. The van der Waals surface area contributed by atoms with E-state index in [0.717, 1.165) is 13.1 Å². The third kappa shape index (κ3) is 5.53. The highest BCUT2D eigenvalue weighted by atomic mass is 19.1. The van der Waals surface area contributed by atoms with Crippen molar-refractivity contribution in [2.75, 3.05) is 45.9 Å². The molecule has 1 amide bonds. The smallest absolute Gasteiger partial charge is 0.253 e. The van der Waals surface area contributed by atoms with Gasteiger partial charge in [-0.05, 0) is 52.0 Å². The minimum absolute atomic E-state index is 0.0698. The standard InChI is InChI=1S/C25H35FN2O7/c1-24(2)31-15-18(33-24)19-20-21(35-25(3,4)34-20)23(32-19)30-14-13-27-9-11-28(12-10-27)22(29)16-5-7-17(26)8-6-16/h5-8,18-21,23H,9-15H2,1-4H3/t18-,19-,20+,21+,23+/m1/s1. The first kappa shape index (κ1) is 25.0. The monoisotopic (exact) mass is 494 g/mol. The number of hydrogen-bond donors (Lipinski definition) is 0. The zero-order chi connectivity index (χ0) is 24.8. The average Bonchev–Trinajstić information content (AvgIpc) is 3.44. The summed E-state index contributed by atoms with van der Waals surface area (Å²) in [5, 5.41) is 0. The van der Waals surface area contributed by atoms with Crippen LogP contribution in [0.15, 0.2) is 24.3 Å². The normalized spacial score (nSPS) is 34.3. The summed E-state index contributed by atoms with van der Waals surface area (Å²) < 4.78 is 49.5. The van der Waals surface area contributed by atoms with Crippen LogP contribution in [0.25, 0.3) is 0 Å². The van der Waals surface area contributed by atoms with Gasteiger partial charge in [0, 0.05) is 38.3 Å². The van der Waals surface area contributed by atoms with E-state index in [-0.39, 0.29) is 36.1 Å². The van der Waals surface area contributed by atoms with Crippen molar-refractivity contribution < 1.29 is 37.6 Å². The largest absolute Gasteiger partial charge is 0.349 e. The minimum Gasteiger partial charge on any atom is -0.349 e. The van der Waals surface area contributed by atoms with Gasteiger partial charge in [-0.25, -0.2) is 4.39 Å². The minimum atomic E-state index is -0.721. The summed E-state index contributed by atoms with van der Waals surface area (Å²) in [7, 11) is 0. The van der Waals surface area contributed by atoms with Crippen LogP contribution in [0.5, 0.6) is 0 Å². The lowest BCUT2D eigenvalue weighted by atomic mass is 10.1. The molecule has 0 aliphatic carbocycles. The molecule has 5 atom stereocenters. The number of amides is 1. The molecule has 0 aromatic heterocycles. The van der Waals surface area contributed by atoms with Crippen LogP contribution in [0.3, 0.4) is 0 Å². The van der Waals surface area contributed by atoms with Gasteiger partial charge in [-0.15, -0.1) is 0 Å². The van der Waals surface area contributed by atoms with Crippen molar-refractivity contribution in [2.45, 2.75) is 70.0 Å². The van der Waals surface area contributed by atoms with Crippen LogP contribution in [-0.2, 0) is 28.4 Å². The van der Waals surface area contributed by atoms with E-state index < -0.39 is 17.9 Å². The predicted molar refractivity (Wildman–Crippen MR) is 122 cm³/mol. The Kier molecular flexibility index (Phi) is 6.90. The molecule has 4 saturated heterocycles. The summed E-state index contributed by atoms with van der Waals surface area (Å²) in [5.74, 6) is -1.79. The van der Waals surface area contributed by atoms with Crippen molar-refractivity contribution in [2.24, 2.45) is 0 Å². The highest BCUT2D eigenvalue weighted by molar-refractivity contribution is 5.94. The highest BCUT2D eigenvalue weighted by Crippen LogP contribution is 2.42. The summed E-state index contributed by atoms with van der Waals surface area (Å²) >= 11 is 0. The lowest BCUT2D eigenvalue weighted by molar-refractivity contribution is -0.248. The van der Waals surface area contributed by atoms with Gasteiger partial charge in [-0.1, -0.05) is 0 Å². The summed E-state index contributed by atoms with van der Waals surface area (Å²) in [4.78, 5) is 16.7. The van der Waals surface area contributed by atoms with Crippen LogP contribution >= 0.6 is 0 Å². The third-order valence-corrected chi connectivity index (χ3v) is 6.88. The maximum absolute atomic E-state index is 13.1. The summed E-state index contributed by atoms with van der Waals surface area (Å²) in [6.07, 6.45) is -1.78. The van der Waals surface area contributed by atoms with E-state index in [9.17, 15) is 9.18 Å². The lowest BCUT2D eigenvalue weighted by Gasteiger charge is -2.35. The van der Waals surface area contributed by atoms with Gasteiger partial charge in [0.25, 0.3) is 5.91 Å². The second-order valence-electron chi connectivity index (χ2n) is 10.4. The van der Waals surface area contributed by atoms with Gasteiger partial charge in [0.1, 0.15) is 30.2 Å². The van der Waals surface area contributed by atoms with Crippen LogP contribution in [0, 0.1) is 5.82 Å². The quantitative estimate of drug-likeness (QED) is 0.594. The fourth-order valence-electron chi connectivity index (χ4n) is 5.15. The zero-order valence-electron chi connectivity index (χ0n) is 20.8. The molecule has 0 N–H and O–H groups in total. The molecule has 0 bridgehead atoms. The van der Waals surface area contributed by atoms with Gasteiger partial charge >= 0.3 is 0 Å². The van der Waals surface area contributed by atoms with E-state index in [0.29, 0.717) is 38.4 Å². The molecule has 10 heteroatoms. The number of benzene rings is 1. The molecule has 4 heterocycles. The molecule has 0 unspecified atom stereocenters. The van der Waals surface area contributed by atoms with E-state index in [4.69, 9.17) is 28.4 Å². The molecule has 9 nitrogen and oxygen atoms in total. The van der Waals surface area contributed by atoms with Crippen LogP contribution in [0.2, 0.25) is 0 Å². The first-order valence-corrected chi connectivity index (χ1v) is 12.3. The topological polar surface area (TPSA) is 78.9 Å². The van der Waals surface area contributed by atoms with Crippen molar-refractivity contribution in [3.05, 3.63) is 35.6 Å². The Labute approximate surface area is 205 Å². The summed E-state index contributed by atoms with van der Waals surface area (Å²) in [6, 6.07) is 5.68. The second kappa shape index (κ2) is 9.66. The number of piperazine rings is 1. The van der Waals surface area contributed by atoms with Gasteiger partial charge in [0.15, 0.2) is 17.9 Å². The number of halogens is 1. The van der Waals surface area contributed by atoms with E-state index in [2.05, 4.69) is 4.90 Å². The summed E-state index contributed by atoms with van der Waals surface area (Å²) in [6.45, 7) is 11.9. The van der Waals surface area contributed by atoms with Crippen molar-refractivity contribution in [1.29, 1.82) is 0 Å². The van der Waals surface area contributed by atoms with E-state index in [1.807, 2.05) is 27.7 Å². The Morgan fingerprint density at radius 1 is 0.971 bits per heavy atom. The molecule has 1 aromatic rings. The van der Waals surface area contributed by atoms with Crippen molar-refractivity contribution in [1.82, 2.24) is 9.80 Å². The number of hydrogen-bond acceptors (Lipinski definition) is 8. The van der Waals surface area contributed by atoms with Crippen molar-refractivity contribution in [3.8, 4) is 0 Å². The Morgan fingerprint density at radius 3 is 2.31 bits per heavy atom. The SMILES string of the molecule is CC1(C)O[C@@H]2[C@H](O1)[C@@H](OCCN1CCN(C(=O)c3ccc(F)cc3)CC1)O[C@@H]2[C@H]1COC(C)(C)O1. The van der Waals surface area contributed by atoms with Gasteiger partial charge in [-0.3, -0.25) is 9.69 Å². The van der Waals surface area contributed by atoms with E-state index >= 15 is 0 Å². The number of rotatable bonds is 6. The Balaban J connectivity index is 1.10. The molecule has 194 valence electrons. The third-order valence-electron chi connectivity index (χ3n) is 6.88. The molecule has 35 heavy (non-hydrogen) atoms. The zero-order valence-corrected chi connectivity index (χ0v) is 20.8. The van der Waals surface area contributed by atoms with E-state index in [1.165, 1.54) is 24.3 Å². The molecule has 4 fully saturated rings. The molecule has 4 aliphatic rings. The maximum atomic E-state index is 13.1. The van der Waals surface area contributed by atoms with Gasteiger partial charge in [-0.2, -0.15) is 0 Å². The Hall–Kier alpha value is -1.66. The molecule has 1 aromatic carbocycles. The molecular weight excluding hydrogens is 459 g/mol.